The number of nitrogens with zero attached hydrogens (tertiary/aromatic N) is 1. The van der Waals surface area contributed by atoms with Crippen molar-refractivity contribution in [2.45, 2.75) is 0 Å². The predicted molar refractivity (Wildman–Crippen MR) is 135 cm³/mol. The third-order valence-electron chi connectivity index (χ3n) is 5.05. The van der Waals surface area contributed by atoms with Gasteiger partial charge in [-0.05, 0) is 60.7 Å². The highest BCUT2D eigenvalue weighted by Crippen LogP contribution is 2.31. The van der Waals surface area contributed by atoms with Gasteiger partial charge in [-0.3, -0.25) is 14.4 Å². The molecule has 1 aliphatic rings. The minimum absolute atomic E-state index is 0.148. The van der Waals surface area contributed by atoms with Crippen LogP contribution in [0, 0.1) is 0 Å². The third kappa shape index (κ3) is 5.11. The van der Waals surface area contributed by atoms with E-state index in [9.17, 15) is 19.2 Å². The quantitative estimate of drug-likeness (QED) is 0.331. The molecule has 0 radical (unpaired) electrons. The Morgan fingerprint density at radius 3 is 2.29 bits per heavy atom. The molecular weight excluding hydrogens is 538 g/mol. The van der Waals surface area contributed by atoms with Crippen molar-refractivity contribution in [1.29, 1.82) is 0 Å². The standard InChI is InChI=1S/C25H17BrClN3O5/c1-35-25(34)15-5-3-7-19(13-15)30-23(32)20(27)21(24(30)33)28-18-6-2-4-14(12-18)22(31)29-17-10-8-16(26)9-11-17/h2-13,28H,1H3,(H,29,31). The van der Waals surface area contributed by atoms with Crippen LogP contribution in [0.1, 0.15) is 20.7 Å². The molecule has 2 N–H and O–H groups in total. The van der Waals surface area contributed by atoms with E-state index in [1.807, 2.05) is 0 Å². The fourth-order valence-corrected chi connectivity index (χ4v) is 3.83. The topological polar surface area (TPSA) is 105 Å². The zero-order chi connectivity index (χ0) is 25.1. The first-order chi connectivity index (χ1) is 16.8. The summed E-state index contributed by atoms with van der Waals surface area (Å²) in [5.41, 5.74) is 1.52. The van der Waals surface area contributed by atoms with Gasteiger partial charge in [0.2, 0.25) is 0 Å². The number of amides is 3. The Balaban J connectivity index is 1.54. The van der Waals surface area contributed by atoms with Crippen molar-refractivity contribution in [1.82, 2.24) is 0 Å². The van der Waals surface area contributed by atoms with Crippen LogP contribution in [-0.2, 0) is 14.3 Å². The number of esters is 1. The molecule has 0 fully saturated rings. The smallest absolute Gasteiger partial charge is 0.337 e. The molecule has 176 valence electrons. The predicted octanol–water partition coefficient (Wildman–Crippen LogP) is 4.92. The van der Waals surface area contributed by atoms with E-state index in [1.54, 1.807) is 42.5 Å². The van der Waals surface area contributed by atoms with E-state index in [2.05, 4.69) is 26.6 Å². The number of carbonyl (C=O) groups is 4. The molecule has 3 aromatic carbocycles. The van der Waals surface area contributed by atoms with Crippen LogP contribution in [0.25, 0.3) is 0 Å². The number of nitrogens with one attached hydrogen (secondary N) is 2. The summed E-state index contributed by atoms with van der Waals surface area (Å²) < 4.78 is 5.57. The maximum absolute atomic E-state index is 13.1. The Morgan fingerprint density at radius 2 is 1.57 bits per heavy atom. The fourth-order valence-electron chi connectivity index (χ4n) is 3.35. The SMILES string of the molecule is COC(=O)c1cccc(N2C(=O)C(Cl)=C(Nc3cccc(C(=O)Nc4ccc(Br)cc4)c3)C2=O)c1. The van der Waals surface area contributed by atoms with Crippen molar-refractivity contribution in [3.05, 3.63) is 99.1 Å². The molecule has 35 heavy (non-hydrogen) atoms. The minimum Gasteiger partial charge on any atom is -0.465 e. The molecule has 4 rings (SSSR count). The van der Waals surface area contributed by atoms with Crippen LogP contribution < -0.4 is 15.5 Å². The van der Waals surface area contributed by atoms with Gasteiger partial charge >= 0.3 is 5.97 Å². The number of benzene rings is 3. The van der Waals surface area contributed by atoms with Crippen LogP contribution in [-0.4, -0.2) is 30.8 Å². The first-order valence-electron chi connectivity index (χ1n) is 10.2. The number of anilines is 3. The molecule has 10 heteroatoms. The molecule has 0 saturated carbocycles. The number of methoxy groups -OCH3 is 1. The van der Waals surface area contributed by atoms with Gasteiger partial charge < -0.3 is 15.4 Å². The van der Waals surface area contributed by atoms with Crippen LogP contribution in [0.4, 0.5) is 17.1 Å². The van der Waals surface area contributed by atoms with E-state index < -0.39 is 17.8 Å². The second kappa shape index (κ2) is 10.1. The lowest BCUT2D eigenvalue weighted by atomic mass is 10.1. The van der Waals surface area contributed by atoms with Gasteiger partial charge in [0.05, 0.1) is 18.4 Å². The molecule has 1 heterocycles. The monoisotopic (exact) mass is 553 g/mol. The van der Waals surface area contributed by atoms with E-state index >= 15 is 0 Å². The van der Waals surface area contributed by atoms with Crippen molar-refractivity contribution in [2.24, 2.45) is 0 Å². The Bertz CT molecular complexity index is 1390. The van der Waals surface area contributed by atoms with Crippen molar-refractivity contribution >= 4 is 68.3 Å². The Labute approximate surface area is 213 Å². The molecule has 8 nitrogen and oxygen atoms in total. The highest BCUT2D eigenvalue weighted by Gasteiger charge is 2.39. The van der Waals surface area contributed by atoms with Crippen LogP contribution in [0.15, 0.2) is 88.0 Å². The largest absolute Gasteiger partial charge is 0.465 e. The van der Waals surface area contributed by atoms with Gasteiger partial charge in [0.1, 0.15) is 10.7 Å². The summed E-state index contributed by atoms with van der Waals surface area (Å²) in [4.78, 5) is 51.2. The summed E-state index contributed by atoms with van der Waals surface area (Å²) in [6.45, 7) is 0. The molecular formula is C25H17BrClN3O5. The van der Waals surface area contributed by atoms with E-state index in [0.29, 0.717) is 16.9 Å². The Morgan fingerprint density at radius 1 is 0.886 bits per heavy atom. The molecule has 3 amide bonds. The number of hydrogen-bond donors (Lipinski definition) is 2. The summed E-state index contributed by atoms with van der Waals surface area (Å²) in [5, 5.41) is 5.31. The van der Waals surface area contributed by atoms with Gasteiger partial charge in [0.25, 0.3) is 17.7 Å². The maximum Gasteiger partial charge on any atom is 0.337 e. The maximum atomic E-state index is 13.1. The lowest BCUT2D eigenvalue weighted by molar-refractivity contribution is -0.120. The second-order valence-electron chi connectivity index (χ2n) is 7.34. The molecule has 0 bridgehead atoms. The number of rotatable bonds is 6. The average molecular weight is 555 g/mol. The zero-order valence-electron chi connectivity index (χ0n) is 18.2. The number of carbonyl (C=O) groups excluding carboxylic acids is 4. The molecule has 1 aliphatic heterocycles. The van der Waals surface area contributed by atoms with Gasteiger partial charge in [0, 0.05) is 21.4 Å². The summed E-state index contributed by atoms with van der Waals surface area (Å²) in [5.74, 6) is -2.41. The molecule has 0 aliphatic carbocycles. The molecule has 0 spiro atoms. The van der Waals surface area contributed by atoms with Crippen LogP contribution in [0.3, 0.4) is 0 Å². The third-order valence-corrected chi connectivity index (χ3v) is 5.93. The molecule has 0 atom stereocenters. The summed E-state index contributed by atoms with van der Waals surface area (Å²) in [6, 6.07) is 19.4. The van der Waals surface area contributed by atoms with Crippen LogP contribution in [0.2, 0.25) is 0 Å². The number of halogens is 2. The number of imide groups is 1. The number of hydrogen-bond acceptors (Lipinski definition) is 6. The first-order valence-corrected chi connectivity index (χ1v) is 11.4. The van der Waals surface area contributed by atoms with Crippen LogP contribution >= 0.6 is 27.5 Å². The molecule has 0 saturated heterocycles. The summed E-state index contributed by atoms with van der Waals surface area (Å²) in [7, 11) is 1.23. The fraction of sp³-hybridized carbons (Fsp3) is 0.0400. The van der Waals surface area contributed by atoms with Crippen LogP contribution in [0.5, 0.6) is 0 Å². The van der Waals surface area contributed by atoms with E-state index in [4.69, 9.17) is 16.3 Å². The van der Waals surface area contributed by atoms with Gasteiger partial charge in [0.15, 0.2) is 0 Å². The summed E-state index contributed by atoms with van der Waals surface area (Å²) in [6.07, 6.45) is 0. The van der Waals surface area contributed by atoms with Crippen molar-refractivity contribution < 1.29 is 23.9 Å². The molecule has 0 unspecified atom stereocenters. The normalized spacial score (nSPS) is 13.2. The van der Waals surface area contributed by atoms with E-state index in [1.165, 1.54) is 37.4 Å². The average Bonchev–Trinajstić information content (AvgIpc) is 3.08. The van der Waals surface area contributed by atoms with E-state index in [-0.39, 0.29) is 27.9 Å². The first kappa shape index (κ1) is 24.2. The van der Waals surface area contributed by atoms with Gasteiger partial charge in [-0.1, -0.05) is 39.7 Å². The second-order valence-corrected chi connectivity index (χ2v) is 8.64. The summed E-state index contributed by atoms with van der Waals surface area (Å²) >= 11 is 9.54. The van der Waals surface area contributed by atoms with Crippen molar-refractivity contribution in [3.8, 4) is 0 Å². The van der Waals surface area contributed by atoms with Gasteiger partial charge in [-0.2, -0.15) is 0 Å². The number of ether oxygens (including phenoxy) is 1. The highest BCUT2D eigenvalue weighted by molar-refractivity contribution is 9.10. The van der Waals surface area contributed by atoms with Gasteiger partial charge in [-0.15, -0.1) is 0 Å². The van der Waals surface area contributed by atoms with E-state index in [0.717, 1.165) is 9.37 Å². The van der Waals surface area contributed by atoms with Crippen molar-refractivity contribution in [3.63, 3.8) is 0 Å². The lowest BCUT2D eigenvalue weighted by Gasteiger charge is -2.16. The van der Waals surface area contributed by atoms with Crippen molar-refractivity contribution in [2.75, 3.05) is 22.6 Å². The highest BCUT2D eigenvalue weighted by atomic mass is 79.9. The zero-order valence-corrected chi connectivity index (χ0v) is 20.5. The Hall–Kier alpha value is -3.95. The minimum atomic E-state index is -0.745. The molecule has 0 aromatic heterocycles. The van der Waals surface area contributed by atoms with Gasteiger partial charge in [-0.25, -0.2) is 9.69 Å². The molecule has 3 aromatic rings. The Kier molecular flexibility index (Phi) is 6.99. The lowest BCUT2D eigenvalue weighted by Crippen LogP contribution is -2.32.